The maximum Gasteiger partial charge on any atom is 0.233 e. The SMILES string of the molecule is NCC(=O)NCCCOc1ccc(F)cc1F. The van der Waals surface area contributed by atoms with Crippen LogP contribution in [-0.2, 0) is 4.79 Å². The summed E-state index contributed by atoms with van der Waals surface area (Å²) >= 11 is 0. The van der Waals surface area contributed by atoms with E-state index in [4.69, 9.17) is 10.5 Å². The number of hydrogen-bond acceptors (Lipinski definition) is 3. The van der Waals surface area contributed by atoms with Crippen molar-refractivity contribution in [3.63, 3.8) is 0 Å². The molecule has 0 aromatic heterocycles. The molecule has 0 aliphatic carbocycles. The first-order valence-corrected chi connectivity index (χ1v) is 5.18. The van der Waals surface area contributed by atoms with Crippen molar-refractivity contribution in [2.45, 2.75) is 6.42 Å². The van der Waals surface area contributed by atoms with Crippen molar-refractivity contribution in [3.05, 3.63) is 29.8 Å². The zero-order valence-corrected chi connectivity index (χ0v) is 9.21. The lowest BCUT2D eigenvalue weighted by atomic mass is 10.3. The average Bonchev–Trinajstić information content (AvgIpc) is 2.30. The first-order chi connectivity index (χ1) is 8.13. The number of amides is 1. The van der Waals surface area contributed by atoms with Crippen molar-refractivity contribution in [1.29, 1.82) is 0 Å². The highest BCUT2D eigenvalue weighted by Crippen LogP contribution is 2.17. The number of hydrogen-bond donors (Lipinski definition) is 2. The summed E-state index contributed by atoms with van der Waals surface area (Å²) in [6.07, 6.45) is 0.516. The fourth-order valence-electron chi connectivity index (χ4n) is 1.15. The molecule has 0 radical (unpaired) electrons. The van der Waals surface area contributed by atoms with Gasteiger partial charge < -0.3 is 15.8 Å². The molecule has 94 valence electrons. The topological polar surface area (TPSA) is 64.4 Å². The molecule has 1 aromatic carbocycles. The van der Waals surface area contributed by atoms with Gasteiger partial charge in [-0.05, 0) is 18.6 Å². The molecule has 17 heavy (non-hydrogen) atoms. The van der Waals surface area contributed by atoms with Crippen LogP contribution in [0.4, 0.5) is 8.78 Å². The minimum absolute atomic E-state index is 0.00319. The monoisotopic (exact) mass is 244 g/mol. The highest BCUT2D eigenvalue weighted by atomic mass is 19.1. The molecule has 6 heteroatoms. The Morgan fingerprint density at radius 1 is 1.41 bits per heavy atom. The molecule has 0 bridgehead atoms. The highest BCUT2D eigenvalue weighted by Gasteiger charge is 2.04. The van der Waals surface area contributed by atoms with E-state index in [1.807, 2.05) is 0 Å². The minimum atomic E-state index is -0.740. The quantitative estimate of drug-likeness (QED) is 0.728. The van der Waals surface area contributed by atoms with Gasteiger partial charge in [-0.2, -0.15) is 0 Å². The number of nitrogens with one attached hydrogen (secondary N) is 1. The van der Waals surface area contributed by atoms with Crippen molar-refractivity contribution >= 4 is 5.91 Å². The number of halogens is 2. The van der Waals surface area contributed by atoms with Crippen molar-refractivity contribution in [3.8, 4) is 5.75 Å². The van der Waals surface area contributed by atoms with Crippen molar-refractivity contribution in [2.75, 3.05) is 19.7 Å². The second-order valence-corrected chi connectivity index (χ2v) is 3.33. The number of carbonyl (C=O) groups is 1. The van der Waals surface area contributed by atoms with E-state index in [1.54, 1.807) is 0 Å². The Balaban J connectivity index is 2.24. The zero-order valence-electron chi connectivity index (χ0n) is 9.21. The standard InChI is InChI=1S/C11H14F2N2O2/c12-8-2-3-10(9(13)6-8)17-5-1-4-15-11(16)7-14/h2-3,6H,1,4-5,7,14H2,(H,15,16). The van der Waals surface area contributed by atoms with E-state index >= 15 is 0 Å². The molecule has 3 N–H and O–H groups in total. The number of rotatable bonds is 6. The van der Waals surface area contributed by atoms with Gasteiger partial charge in [0.1, 0.15) is 5.82 Å². The summed E-state index contributed by atoms with van der Waals surface area (Å²) in [5.74, 6) is -1.64. The summed E-state index contributed by atoms with van der Waals surface area (Å²) < 4.78 is 30.7. The molecule has 0 fully saturated rings. The van der Waals surface area contributed by atoms with Crippen molar-refractivity contribution < 1.29 is 18.3 Å². The molecule has 1 amide bonds. The predicted molar refractivity (Wildman–Crippen MR) is 58.5 cm³/mol. The highest BCUT2D eigenvalue weighted by molar-refractivity contribution is 5.77. The third kappa shape index (κ3) is 4.78. The third-order valence-corrected chi connectivity index (χ3v) is 1.98. The summed E-state index contributed by atoms with van der Waals surface area (Å²) in [6.45, 7) is 0.569. The molecule has 0 atom stereocenters. The van der Waals surface area contributed by atoms with Crippen LogP contribution in [0.1, 0.15) is 6.42 Å². The first-order valence-electron chi connectivity index (χ1n) is 5.18. The van der Waals surface area contributed by atoms with E-state index < -0.39 is 11.6 Å². The van der Waals surface area contributed by atoms with Gasteiger partial charge in [-0.3, -0.25) is 4.79 Å². The largest absolute Gasteiger partial charge is 0.490 e. The van der Waals surface area contributed by atoms with Crippen LogP contribution in [0.25, 0.3) is 0 Å². The fraction of sp³-hybridized carbons (Fsp3) is 0.364. The molecular weight excluding hydrogens is 230 g/mol. The predicted octanol–water partition coefficient (Wildman–Crippen LogP) is 0.809. The fourth-order valence-corrected chi connectivity index (χ4v) is 1.15. The maximum atomic E-state index is 13.1. The van der Waals surface area contributed by atoms with Gasteiger partial charge in [0.15, 0.2) is 11.6 Å². The Morgan fingerprint density at radius 2 is 2.18 bits per heavy atom. The molecule has 1 rings (SSSR count). The van der Waals surface area contributed by atoms with Gasteiger partial charge >= 0.3 is 0 Å². The molecule has 0 aliphatic rings. The zero-order chi connectivity index (χ0) is 12.7. The molecule has 0 heterocycles. The number of carbonyl (C=O) groups excluding carboxylic acids is 1. The van der Waals surface area contributed by atoms with Gasteiger partial charge in [-0.25, -0.2) is 8.78 Å². The number of nitrogens with two attached hydrogens (primary N) is 1. The van der Waals surface area contributed by atoms with Crippen LogP contribution in [0.5, 0.6) is 5.75 Å². The Morgan fingerprint density at radius 3 is 2.82 bits per heavy atom. The van der Waals surface area contributed by atoms with E-state index in [0.29, 0.717) is 13.0 Å². The van der Waals surface area contributed by atoms with Crippen LogP contribution in [0.3, 0.4) is 0 Å². The van der Waals surface area contributed by atoms with E-state index in [2.05, 4.69) is 5.32 Å². The van der Waals surface area contributed by atoms with Crippen LogP contribution in [0.15, 0.2) is 18.2 Å². The lowest BCUT2D eigenvalue weighted by Gasteiger charge is -2.07. The molecule has 0 aliphatic heterocycles. The summed E-state index contributed by atoms with van der Waals surface area (Å²) in [5.41, 5.74) is 5.08. The first kappa shape index (κ1) is 13.4. The summed E-state index contributed by atoms with van der Waals surface area (Å²) in [5, 5.41) is 2.54. The average molecular weight is 244 g/mol. The molecule has 4 nitrogen and oxygen atoms in total. The van der Waals surface area contributed by atoms with Crippen molar-refractivity contribution in [2.24, 2.45) is 5.73 Å². The Bertz CT molecular complexity index is 386. The molecular formula is C11H14F2N2O2. The lowest BCUT2D eigenvalue weighted by molar-refractivity contribution is -0.119. The summed E-state index contributed by atoms with van der Waals surface area (Å²) in [6, 6.07) is 3.10. The number of benzene rings is 1. The maximum absolute atomic E-state index is 13.1. The van der Waals surface area contributed by atoms with Crippen LogP contribution in [-0.4, -0.2) is 25.6 Å². The van der Waals surface area contributed by atoms with Crippen LogP contribution >= 0.6 is 0 Å². The summed E-state index contributed by atoms with van der Waals surface area (Å²) in [7, 11) is 0. The smallest absolute Gasteiger partial charge is 0.233 e. The molecule has 1 aromatic rings. The van der Waals surface area contributed by atoms with Gasteiger partial charge in [0, 0.05) is 12.6 Å². The molecule has 0 unspecified atom stereocenters. The second-order valence-electron chi connectivity index (χ2n) is 3.33. The number of ether oxygens (including phenoxy) is 1. The van der Waals surface area contributed by atoms with Crippen LogP contribution < -0.4 is 15.8 Å². The Labute approximate surface area is 97.8 Å². The van der Waals surface area contributed by atoms with Gasteiger partial charge in [0.05, 0.1) is 13.2 Å². The van der Waals surface area contributed by atoms with Crippen LogP contribution in [0.2, 0.25) is 0 Å². The van der Waals surface area contributed by atoms with E-state index in [1.165, 1.54) is 6.07 Å². The molecule has 0 saturated carbocycles. The Hall–Kier alpha value is -1.69. The van der Waals surface area contributed by atoms with E-state index in [0.717, 1.165) is 12.1 Å². The molecule has 0 saturated heterocycles. The third-order valence-electron chi connectivity index (χ3n) is 1.98. The minimum Gasteiger partial charge on any atom is -0.490 e. The van der Waals surface area contributed by atoms with Crippen molar-refractivity contribution in [1.82, 2.24) is 5.32 Å². The Kier molecular flexibility index (Phi) is 5.35. The van der Waals surface area contributed by atoms with Gasteiger partial charge in [0.25, 0.3) is 0 Å². The van der Waals surface area contributed by atoms with Gasteiger partial charge in [-0.1, -0.05) is 0 Å². The lowest BCUT2D eigenvalue weighted by Crippen LogP contribution is -2.31. The van der Waals surface area contributed by atoms with Gasteiger partial charge in [0.2, 0.25) is 5.91 Å². The normalized spacial score (nSPS) is 10.1. The summed E-state index contributed by atoms with van der Waals surface area (Å²) in [4.78, 5) is 10.8. The second kappa shape index (κ2) is 6.80. The van der Waals surface area contributed by atoms with Gasteiger partial charge in [-0.15, -0.1) is 0 Å². The van der Waals surface area contributed by atoms with E-state index in [9.17, 15) is 13.6 Å². The van der Waals surface area contributed by atoms with Crippen LogP contribution in [0, 0.1) is 11.6 Å². The molecule has 0 spiro atoms. The van der Waals surface area contributed by atoms with E-state index in [-0.39, 0.29) is 24.8 Å².